The number of benzene rings is 1. The number of nitrogens with zero attached hydrogens (tertiary/aromatic N) is 1. The van der Waals surface area contributed by atoms with E-state index in [0.29, 0.717) is 12.6 Å². The van der Waals surface area contributed by atoms with Gasteiger partial charge in [-0.2, -0.15) is 0 Å². The normalized spacial score (nSPS) is 15.3. The molecule has 1 aliphatic rings. The molecule has 1 aliphatic heterocycles. The van der Waals surface area contributed by atoms with Gasteiger partial charge in [-0.15, -0.1) is 12.4 Å². The van der Waals surface area contributed by atoms with Gasteiger partial charge in [-0.25, -0.2) is 0 Å². The second kappa shape index (κ2) is 9.77. The lowest BCUT2D eigenvalue weighted by Crippen LogP contribution is -2.45. The molecular weight excluding hydrogens is 288 g/mol. The summed E-state index contributed by atoms with van der Waals surface area (Å²) in [5.74, 6) is 0.0879. The number of rotatable bonds is 6. The maximum atomic E-state index is 12.0. The Balaban J connectivity index is 0.00000220. The van der Waals surface area contributed by atoms with Crippen molar-refractivity contribution in [2.75, 3.05) is 33.4 Å². The first-order chi connectivity index (χ1) is 9.77. The summed E-state index contributed by atoms with van der Waals surface area (Å²) in [4.78, 5) is 13.9. The van der Waals surface area contributed by atoms with Crippen LogP contribution in [0.2, 0.25) is 0 Å². The summed E-state index contributed by atoms with van der Waals surface area (Å²) in [5.41, 5.74) is 1.24. The Bertz CT molecular complexity index is 408. The van der Waals surface area contributed by atoms with Crippen LogP contribution in [-0.4, -0.2) is 50.2 Å². The van der Waals surface area contributed by atoms with Crippen molar-refractivity contribution < 1.29 is 9.53 Å². The van der Waals surface area contributed by atoms with Crippen LogP contribution < -0.4 is 5.32 Å². The number of nitrogens with one attached hydrogen (secondary N) is 1. The molecule has 0 bridgehead atoms. The van der Waals surface area contributed by atoms with E-state index in [4.69, 9.17) is 4.74 Å². The molecule has 118 valence electrons. The lowest BCUT2D eigenvalue weighted by atomic mass is 10.1. The molecule has 0 saturated carbocycles. The number of hydrogen-bond acceptors (Lipinski definition) is 3. The van der Waals surface area contributed by atoms with Gasteiger partial charge < -0.3 is 15.0 Å². The molecule has 5 heteroatoms. The fourth-order valence-corrected chi connectivity index (χ4v) is 2.49. The second-order valence-electron chi connectivity index (χ2n) is 5.27. The van der Waals surface area contributed by atoms with Crippen LogP contribution in [0.5, 0.6) is 0 Å². The van der Waals surface area contributed by atoms with E-state index in [1.54, 1.807) is 0 Å². The summed E-state index contributed by atoms with van der Waals surface area (Å²) in [5, 5.41) is 3.31. The zero-order valence-corrected chi connectivity index (χ0v) is 13.4. The predicted octanol–water partition coefficient (Wildman–Crippen LogP) is 1.88. The number of carbonyl (C=O) groups excluding carboxylic acids is 1. The second-order valence-corrected chi connectivity index (χ2v) is 5.27. The highest BCUT2D eigenvalue weighted by atomic mass is 35.5. The van der Waals surface area contributed by atoms with Crippen molar-refractivity contribution in [2.24, 2.45) is 0 Å². The monoisotopic (exact) mass is 312 g/mol. The summed E-state index contributed by atoms with van der Waals surface area (Å²) in [6.07, 6.45) is 2.92. The van der Waals surface area contributed by atoms with Crippen LogP contribution in [0.4, 0.5) is 0 Å². The fraction of sp³-hybridized carbons (Fsp3) is 0.562. The highest BCUT2D eigenvalue weighted by molar-refractivity contribution is 5.85. The van der Waals surface area contributed by atoms with Gasteiger partial charge in [0, 0.05) is 13.1 Å². The van der Waals surface area contributed by atoms with Crippen molar-refractivity contribution in [3.05, 3.63) is 35.9 Å². The van der Waals surface area contributed by atoms with Crippen LogP contribution in [0.25, 0.3) is 0 Å². The highest BCUT2D eigenvalue weighted by Crippen LogP contribution is 2.10. The summed E-state index contributed by atoms with van der Waals surface area (Å²) in [7, 11) is 1.89. The summed E-state index contributed by atoms with van der Waals surface area (Å²) in [6.45, 7) is 2.78. The molecule has 0 aliphatic carbocycles. The number of likely N-dealkylation sites (N-methyl/N-ethyl adjacent to an activating group) is 1. The van der Waals surface area contributed by atoms with Crippen molar-refractivity contribution in [3.63, 3.8) is 0 Å². The predicted molar refractivity (Wildman–Crippen MR) is 86.9 cm³/mol. The molecule has 0 radical (unpaired) electrons. The van der Waals surface area contributed by atoms with Crippen molar-refractivity contribution in [2.45, 2.75) is 25.3 Å². The quantitative estimate of drug-likeness (QED) is 0.816. The van der Waals surface area contributed by atoms with Crippen LogP contribution in [0.1, 0.15) is 18.4 Å². The largest absolute Gasteiger partial charge is 0.371 e. The molecule has 0 unspecified atom stereocenters. The zero-order valence-electron chi connectivity index (χ0n) is 12.6. The molecule has 0 spiro atoms. The number of amides is 1. The number of hydrogen-bond donors (Lipinski definition) is 1. The van der Waals surface area contributed by atoms with Crippen LogP contribution >= 0.6 is 12.4 Å². The third-order valence-corrected chi connectivity index (χ3v) is 3.85. The van der Waals surface area contributed by atoms with Crippen LogP contribution in [0, 0.1) is 0 Å². The number of halogens is 1. The number of ether oxygens (including phenoxy) is 1. The van der Waals surface area contributed by atoms with Gasteiger partial charge in [0.1, 0.15) is 6.61 Å². The first-order valence-corrected chi connectivity index (χ1v) is 7.35. The Morgan fingerprint density at radius 2 is 1.95 bits per heavy atom. The number of carbonyl (C=O) groups is 1. The minimum absolute atomic E-state index is 0. The first kappa shape index (κ1) is 18.0. The van der Waals surface area contributed by atoms with Crippen molar-refractivity contribution in [3.8, 4) is 0 Å². The third kappa shape index (κ3) is 6.04. The van der Waals surface area contributed by atoms with Gasteiger partial charge in [0.05, 0.1) is 6.61 Å². The first-order valence-electron chi connectivity index (χ1n) is 7.35. The zero-order chi connectivity index (χ0) is 14.2. The maximum Gasteiger partial charge on any atom is 0.248 e. The van der Waals surface area contributed by atoms with Gasteiger partial charge in [-0.3, -0.25) is 4.79 Å². The Kier molecular flexibility index (Phi) is 8.35. The topological polar surface area (TPSA) is 41.6 Å². The van der Waals surface area contributed by atoms with Gasteiger partial charge in [0.25, 0.3) is 0 Å². The standard InChI is InChI=1S/C16H24N2O2.ClH/c1-18(15-7-10-17-11-8-15)16(19)13-20-12-9-14-5-3-2-4-6-14;/h2-6,15,17H,7-13H2,1H3;1H. The minimum atomic E-state index is 0. The summed E-state index contributed by atoms with van der Waals surface area (Å²) >= 11 is 0. The summed E-state index contributed by atoms with van der Waals surface area (Å²) < 4.78 is 5.50. The average molecular weight is 313 g/mol. The lowest BCUT2D eigenvalue weighted by Gasteiger charge is -2.31. The molecule has 1 fully saturated rings. The molecule has 2 rings (SSSR count). The molecule has 4 nitrogen and oxygen atoms in total. The van der Waals surface area contributed by atoms with E-state index in [-0.39, 0.29) is 24.9 Å². The van der Waals surface area contributed by atoms with E-state index in [0.717, 1.165) is 32.4 Å². The molecule has 0 aromatic heterocycles. The highest BCUT2D eigenvalue weighted by Gasteiger charge is 2.21. The Morgan fingerprint density at radius 1 is 1.29 bits per heavy atom. The van der Waals surface area contributed by atoms with Gasteiger partial charge >= 0.3 is 0 Å². The average Bonchev–Trinajstić information content (AvgIpc) is 2.52. The molecular formula is C16H25ClN2O2. The van der Waals surface area contributed by atoms with Gasteiger partial charge in [-0.05, 0) is 37.9 Å². The van der Waals surface area contributed by atoms with E-state index in [1.807, 2.05) is 30.1 Å². The Morgan fingerprint density at radius 3 is 2.62 bits per heavy atom. The Hall–Kier alpha value is -1.10. The van der Waals surface area contributed by atoms with E-state index < -0.39 is 0 Å². The SMILES string of the molecule is CN(C(=O)COCCc1ccccc1)C1CCNCC1.Cl. The molecule has 1 saturated heterocycles. The molecule has 1 amide bonds. The lowest BCUT2D eigenvalue weighted by molar-refractivity contribution is -0.137. The van der Waals surface area contributed by atoms with E-state index >= 15 is 0 Å². The molecule has 1 heterocycles. The van der Waals surface area contributed by atoms with Gasteiger partial charge in [0.15, 0.2) is 0 Å². The number of piperidine rings is 1. The molecule has 1 aromatic rings. The van der Waals surface area contributed by atoms with Crippen LogP contribution in [-0.2, 0) is 16.0 Å². The van der Waals surface area contributed by atoms with E-state index in [9.17, 15) is 4.79 Å². The smallest absolute Gasteiger partial charge is 0.248 e. The van der Waals surface area contributed by atoms with Crippen LogP contribution in [0.15, 0.2) is 30.3 Å². The summed E-state index contributed by atoms with van der Waals surface area (Å²) in [6, 6.07) is 10.6. The fourth-order valence-electron chi connectivity index (χ4n) is 2.49. The van der Waals surface area contributed by atoms with Crippen molar-refractivity contribution in [1.82, 2.24) is 10.2 Å². The molecule has 21 heavy (non-hydrogen) atoms. The van der Waals surface area contributed by atoms with E-state index in [2.05, 4.69) is 17.4 Å². The molecule has 1 aromatic carbocycles. The Labute approximate surface area is 133 Å². The molecule has 0 atom stereocenters. The maximum absolute atomic E-state index is 12.0. The van der Waals surface area contributed by atoms with Gasteiger partial charge in [0.2, 0.25) is 5.91 Å². The minimum Gasteiger partial charge on any atom is -0.371 e. The van der Waals surface area contributed by atoms with Crippen LogP contribution in [0.3, 0.4) is 0 Å². The van der Waals surface area contributed by atoms with Crippen molar-refractivity contribution >= 4 is 18.3 Å². The molecule has 1 N–H and O–H groups in total. The van der Waals surface area contributed by atoms with Crippen molar-refractivity contribution in [1.29, 1.82) is 0 Å². The third-order valence-electron chi connectivity index (χ3n) is 3.85. The van der Waals surface area contributed by atoms with E-state index in [1.165, 1.54) is 5.56 Å². The van der Waals surface area contributed by atoms with Gasteiger partial charge in [-0.1, -0.05) is 30.3 Å².